The molecule has 0 aliphatic heterocycles. The molecule has 0 radical (unpaired) electrons. The molecule has 0 aromatic heterocycles. The van der Waals surface area contributed by atoms with Crippen LogP contribution in [-0.4, -0.2) is 37.4 Å². The SMILES string of the molecule is CNC(=S)NCC(C)(C)CNC(=S)NC. The van der Waals surface area contributed by atoms with E-state index in [-0.39, 0.29) is 5.41 Å². The van der Waals surface area contributed by atoms with Crippen molar-refractivity contribution in [2.75, 3.05) is 27.2 Å². The molecule has 0 aromatic carbocycles. The molecule has 15 heavy (non-hydrogen) atoms. The molecular formula is C9H20N4S2. The van der Waals surface area contributed by atoms with Crippen LogP contribution in [0.4, 0.5) is 0 Å². The molecule has 0 rings (SSSR count). The van der Waals surface area contributed by atoms with Crippen LogP contribution in [0.15, 0.2) is 0 Å². The van der Waals surface area contributed by atoms with Crippen molar-refractivity contribution >= 4 is 34.7 Å². The molecular weight excluding hydrogens is 228 g/mol. The lowest BCUT2D eigenvalue weighted by molar-refractivity contribution is 0.360. The van der Waals surface area contributed by atoms with E-state index in [1.54, 1.807) is 14.1 Å². The Bertz CT molecular complexity index is 206. The molecule has 0 aromatic rings. The zero-order valence-corrected chi connectivity index (χ0v) is 11.4. The molecule has 88 valence electrons. The Morgan fingerprint density at radius 3 is 1.53 bits per heavy atom. The van der Waals surface area contributed by atoms with Gasteiger partial charge >= 0.3 is 0 Å². The van der Waals surface area contributed by atoms with Crippen LogP contribution in [0.5, 0.6) is 0 Å². The minimum Gasteiger partial charge on any atom is -0.366 e. The predicted molar refractivity (Wildman–Crippen MR) is 73.1 cm³/mol. The van der Waals surface area contributed by atoms with Gasteiger partial charge in [-0.05, 0) is 29.9 Å². The van der Waals surface area contributed by atoms with Crippen molar-refractivity contribution in [3.05, 3.63) is 0 Å². The van der Waals surface area contributed by atoms with Gasteiger partial charge in [-0.25, -0.2) is 0 Å². The zero-order chi connectivity index (χ0) is 11.9. The average molecular weight is 248 g/mol. The van der Waals surface area contributed by atoms with Gasteiger partial charge in [0.15, 0.2) is 10.2 Å². The summed E-state index contributed by atoms with van der Waals surface area (Å²) in [5.74, 6) is 0. The summed E-state index contributed by atoms with van der Waals surface area (Å²) in [6.07, 6.45) is 0. The highest BCUT2D eigenvalue weighted by Gasteiger charge is 2.17. The second kappa shape index (κ2) is 6.79. The summed E-state index contributed by atoms with van der Waals surface area (Å²) in [6.45, 7) is 5.88. The van der Waals surface area contributed by atoms with Crippen LogP contribution in [0.25, 0.3) is 0 Å². The third-order valence-corrected chi connectivity index (χ3v) is 2.61. The first-order valence-corrected chi connectivity index (χ1v) is 5.64. The Kier molecular flexibility index (Phi) is 6.51. The zero-order valence-electron chi connectivity index (χ0n) is 9.73. The van der Waals surface area contributed by atoms with Crippen LogP contribution in [0.3, 0.4) is 0 Å². The van der Waals surface area contributed by atoms with Gasteiger partial charge in [0.05, 0.1) is 0 Å². The Labute approximate surface area is 103 Å². The Morgan fingerprint density at radius 2 is 1.27 bits per heavy atom. The van der Waals surface area contributed by atoms with Gasteiger partial charge in [0.2, 0.25) is 0 Å². The molecule has 0 aliphatic carbocycles. The van der Waals surface area contributed by atoms with Gasteiger partial charge in [-0.3, -0.25) is 0 Å². The Hall–Kier alpha value is -0.620. The normalized spacial score (nSPS) is 10.4. The van der Waals surface area contributed by atoms with Crippen LogP contribution in [-0.2, 0) is 0 Å². The third-order valence-electron chi connectivity index (χ3n) is 1.91. The van der Waals surface area contributed by atoms with Crippen LogP contribution < -0.4 is 21.3 Å². The van der Waals surface area contributed by atoms with E-state index < -0.39 is 0 Å². The van der Waals surface area contributed by atoms with E-state index >= 15 is 0 Å². The van der Waals surface area contributed by atoms with Gasteiger partial charge in [-0.1, -0.05) is 13.8 Å². The maximum absolute atomic E-state index is 5.00. The fourth-order valence-electron chi connectivity index (χ4n) is 0.878. The lowest BCUT2D eigenvalue weighted by atomic mass is 9.93. The predicted octanol–water partition coefficient (Wildman–Crippen LogP) is 0.200. The van der Waals surface area contributed by atoms with Gasteiger partial charge in [0.25, 0.3) is 0 Å². The van der Waals surface area contributed by atoms with E-state index in [0.29, 0.717) is 10.2 Å². The molecule has 0 fully saturated rings. The van der Waals surface area contributed by atoms with Gasteiger partial charge in [-0.15, -0.1) is 0 Å². The smallest absolute Gasteiger partial charge is 0.166 e. The van der Waals surface area contributed by atoms with Crippen molar-refractivity contribution in [2.45, 2.75) is 13.8 Å². The summed E-state index contributed by atoms with van der Waals surface area (Å²) >= 11 is 10.0. The minimum atomic E-state index is 0.0851. The van der Waals surface area contributed by atoms with Gasteiger partial charge in [-0.2, -0.15) is 0 Å². The van der Waals surface area contributed by atoms with Crippen LogP contribution >= 0.6 is 24.4 Å². The van der Waals surface area contributed by atoms with E-state index in [9.17, 15) is 0 Å². The molecule has 0 saturated carbocycles. The van der Waals surface area contributed by atoms with Crippen LogP contribution in [0.2, 0.25) is 0 Å². The standard InChI is InChI=1S/C9H20N4S2/c1-9(2,5-12-7(14)10-3)6-13-8(15)11-4/h5-6H2,1-4H3,(H2,10,12,14)(H2,11,13,15). The highest BCUT2D eigenvalue weighted by atomic mass is 32.1. The van der Waals surface area contributed by atoms with Gasteiger partial charge in [0, 0.05) is 27.2 Å². The first-order chi connectivity index (χ1) is 6.91. The van der Waals surface area contributed by atoms with E-state index in [1.165, 1.54) is 0 Å². The Morgan fingerprint density at radius 1 is 0.933 bits per heavy atom. The first-order valence-electron chi connectivity index (χ1n) is 4.82. The molecule has 0 spiro atoms. The number of rotatable bonds is 4. The van der Waals surface area contributed by atoms with Crippen molar-refractivity contribution in [3.63, 3.8) is 0 Å². The van der Waals surface area contributed by atoms with Crippen molar-refractivity contribution in [2.24, 2.45) is 5.41 Å². The maximum atomic E-state index is 5.00. The Balaban J connectivity index is 3.86. The van der Waals surface area contributed by atoms with Crippen molar-refractivity contribution in [1.29, 1.82) is 0 Å². The fourth-order valence-corrected chi connectivity index (χ4v) is 1.02. The van der Waals surface area contributed by atoms with Crippen molar-refractivity contribution < 1.29 is 0 Å². The van der Waals surface area contributed by atoms with E-state index in [4.69, 9.17) is 24.4 Å². The summed E-state index contributed by atoms with van der Waals surface area (Å²) in [6, 6.07) is 0. The minimum absolute atomic E-state index is 0.0851. The molecule has 0 heterocycles. The van der Waals surface area contributed by atoms with Crippen LogP contribution in [0.1, 0.15) is 13.8 Å². The average Bonchev–Trinajstić information content (AvgIpc) is 2.22. The van der Waals surface area contributed by atoms with E-state index in [0.717, 1.165) is 13.1 Å². The molecule has 4 nitrogen and oxygen atoms in total. The lowest BCUT2D eigenvalue weighted by Crippen LogP contribution is -2.45. The highest BCUT2D eigenvalue weighted by molar-refractivity contribution is 7.80. The monoisotopic (exact) mass is 248 g/mol. The largest absolute Gasteiger partial charge is 0.366 e. The van der Waals surface area contributed by atoms with Gasteiger partial charge < -0.3 is 21.3 Å². The summed E-state index contributed by atoms with van der Waals surface area (Å²) in [5.41, 5.74) is 0.0851. The number of nitrogens with one attached hydrogen (secondary N) is 4. The lowest BCUT2D eigenvalue weighted by Gasteiger charge is -2.26. The molecule has 0 bridgehead atoms. The molecule has 0 saturated heterocycles. The topological polar surface area (TPSA) is 48.1 Å². The number of hydrogen-bond donors (Lipinski definition) is 4. The third kappa shape index (κ3) is 7.33. The summed E-state index contributed by atoms with van der Waals surface area (Å²) in [7, 11) is 3.60. The molecule has 0 unspecified atom stereocenters. The highest BCUT2D eigenvalue weighted by Crippen LogP contribution is 2.11. The van der Waals surface area contributed by atoms with Crippen LogP contribution in [0, 0.1) is 5.41 Å². The second-order valence-electron chi connectivity index (χ2n) is 4.03. The fraction of sp³-hybridized carbons (Fsp3) is 0.778. The second-order valence-corrected chi connectivity index (χ2v) is 4.85. The molecule has 4 N–H and O–H groups in total. The number of thiocarbonyl (C=S) groups is 2. The summed E-state index contributed by atoms with van der Waals surface area (Å²) in [5, 5.41) is 13.3. The quantitative estimate of drug-likeness (QED) is 0.533. The number of hydrogen-bond acceptors (Lipinski definition) is 2. The van der Waals surface area contributed by atoms with E-state index in [2.05, 4.69) is 35.1 Å². The molecule has 0 atom stereocenters. The van der Waals surface area contributed by atoms with Crippen molar-refractivity contribution in [1.82, 2.24) is 21.3 Å². The van der Waals surface area contributed by atoms with Crippen molar-refractivity contribution in [3.8, 4) is 0 Å². The maximum Gasteiger partial charge on any atom is 0.166 e. The summed E-state index contributed by atoms with van der Waals surface area (Å²) in [4.78, 5) is 0. The summed E-state index contributed by atoms with van der Waals surface area (Å²) < 4.78 is 0. The molecule has 0 aliphatic rings. The molecule has 6 heteroatoms. The first kappa shape index (κ1) is 14.4. The van der Waals surface area contributed by atoms with E-state index in [1.807, 2.05) is 0 Å². The van der Waals surface area contributed by atoms with Gasteiger partial charge in [0.1, 0.15) is 0 Å². The molecule has 0 amide bonds.